The van der Waals surface area contributed by atoms with Crippen LogP contribution < -0.4 is 4.74 Å². The molecule has 1 amide bonds. The van der Waals surface area contributed by atoms with Crippen molar-refractivity contribution in [2.24, 2.45) is 0 Å². The van der Waals surface area contributed by atoms with Crippen LogP contribution in [0.4, 0.5) is 0 Å². The van der Waals surface area contributed by atoms with Crippen LogP contribution in [0, 0.1) is 0 Å². The Labute approximate surface area is 115 Å². The summed E-state index contributed by atoms with van der Waals surface area (Å²) in [4.78, 5) is 14.2. The molecule has 2 rings (SSSR count). The number of amides is 1. The SMILES string of the molecule is COc1cccc(CCC(=O)N2CCCCCC2)c1. The monoisotopic (exact) mass is 261 g/mol. The maximum Gasteiger partial charge on any atom is 0.222 e. The molecule has 1 saturated heterocycles. The van der Waals surface area contributed by atoms with Crippen molar-refractivity contribution in [1.29, 1.82) is 0 Å². The maximum atomic E-state index is 12.2. The third-order valence-corrected chi connectivity index (χ3v) is 3.72. The maximum absolute atomic E-state index is 12.2. The van der Waals surface area contributed by atoms with E-state index in [-0.39, 0.29) is 0 Å². The summed E-state index contributed by atoms with van der Waals surface area (Å²) in [6.07, 6.45) is 6.24. The first-order chi connectivity index (χ1) is 9.29. The van der Waals surface area contributed by atoms with Gasteiger partial charge in [0, 0.05) is 19.5 Å². The molecule has 0 radical (unpaired) electrons. The number of methoxy groups -OCH3 is 1. The van der Waals surface area contributed by atoms with Gasteiger partial charge in [0.05, 0.1) is 7.11 Å². The Bertz CT molecular complexity index is 409. The quantitative estimate of drug-likeness (QED) is 0.833. The molecule has 0 bridgehead atoms. The topological polar surface area (TPSA) is 29.5 Å². The lowest BCUT2D eigenvalue weighted by Crippen LogP contribution is -2.31. The Hall–Kier alpha value is -1.51. The van der Waals surface area contributed by atoms with E-state index in [1.807, 2.05) is 23.1 Å². The lowest BCUT2D eigenvalue weighted by Gasteiger charge is -2.20. The summed E-state index contributed by atoms with van der Waals surface area (Å²) < 4.78 is 5.20. The first-order valence-electron chi connectivity index (χ1n) is 7.20. The van der Waals surface area contributed by atoms with Crippen molar-refractivity contribution in [2.45, 2.75) is 38.5 Å². The molecule has 0 aliphatic carbocycles. The number of aryl methyl sites for hydroxylation is 1. The van der Waals surface area contributed by atoms with E-state index in [0.29, 0.717) is 12.3 Å². The van der Waals surface area contributed by atoms with Crippen molar-refractivity contribution >= 4 is 5.91 Å². The molecule has 0 aromatic heterocycles. The van der Waals surface area contributed by atoms with Crippen molar-refractivity contribution in [3.05, 3.63) is 29.8 Å². The summed E-state index contributed by atoms with van der Waals surface area (Å²) in [5.41, 5.74) is 1.17. The van der Waals surface area contributed by atoms with Gasteiger partial charge in [-0.2, -0.15) is 0 Å². The van der Waals surface area contributed by atoms with Crippen LogP contribution in [0.15, 0.2) is 24.3 Å². The molecule has 1 heterocycles. The number of carbonyl (C=O) groups excluding carboxylic acids is 1. The van der Waals surface area contributed by atoms with Gasteiger partial charge in [0.15, 0.2) is 0 Å². The fourth-order valence-electron chi connectivity index (χ4n) is 2.56. The van der Waals surface area contributed by atoms with Gasteiger partial charge in [-0.05, 0) is 37.0 Å². The van der Waals surface area contributed by atoms with E-state index in [0.717, 1.165) is 38.1 Å². The molecule has 3 nitrogen and oxygen atoms in total. The standard InChI is InChI=1S/C16H23NO2/c1-19-15-8-6-7-14(13-15)9-10-16(18)17-11-4-2-3-5-12-17/h6-8,13H,2-5,9-12H2,1H3. The molecule has 1 fully saturated rings. The number of carbonyl (C=O) groups is 1. The van der Waals surface area contributed by atoms with Crippen molar-refractivity contribution in [3.8, 4) is 5.75 Å². The molecule has 0 saturated carbocycles. The third kappa shape index (κ3) is 4.27. The predicted molar refractivity (Wildman–Crippen MR) is 76.4 cm³/mol. The van der Waals surface area contributed by atoms with Crippen LogP contribution in [0.25, 0.3) is 0 Å². The minimum Gasteiger partial charge on any atom is -0.497 e. The van der Waals surface area contributed by atoms with Crippen LogP contribution in [-0.2, 0) is 11.2 Å². The highest BCUT2D eigenvalue weighted by atomic mass is 16.5. The Morgan fingerprint density at radius 2 is 1.95 bits per heavy atom. The number of ether oxygens (including phenoxy) is 1. The van der Waals surface area contributed by atoms with E-state index in [2.05, 4.69) is 6.07 Å². The molecule has 1 aromatic carbocycles. The Morgan fingerprint density at radius 1 is 1.21 bits per heavy atom. The lowest BCUT2D eigenvalue weighted by atomic mass is 10.1. The zero-order chi connectivity index (χ0) is 13.5. The van der Waals surface area contributed by atoms with Crippen molar-refractivity contribution in [2.75, 3.05) is 20.2 Å². The summed E-state index contributed by atoms with van der Waals surface area (Å²) in [7, 11) is 1.67. The van der Waals surface area contributed by atoms with Crippen molar-refractivity contribution < 1.29 is 9.53 Å². The van der Waals surface area contributed by atoms with Crippen LogP contribution in [0.3, 0.4) is 0 Å². The minimum absolute atomic E-state index is 0.296. The van der Waals surface area contributed by atoms with E-state index in [1.165, 1.54) is 18.4 Å². The van der Waals surface area contributed by atoms with E-state index < -0.39 is 0 Å². The summed E-state index contributed by atoms with van der Waals surface area (Å²) >= 11 is 0. The molecule has 1 aliphatic rings. The Morgan fingerprint density at radius 3 is 2.63 bits per heavy atom. The number of hydrogen-bond acceptors (Lipinski definition) is 2. The summed E-state index contributed by atoms with van der Waals surface area (Å²) in [6.45, 7) is 1.88. The zero-order valence-corrected chi connectivity index (χ0v) is 11.7. The molecule has 3 heteroatoms. The van der Waals surface area contributed by atoms with Gasteiger partial charge in [0.2, 0.25) is 5.91 Å². The number of rotatable bonds is 4. The molecule has 1 aliphatic heterocycles. The van der Waals surface area contributed by atoms with Gasteiger partial charge < -0.3 is 9.64 Å². The highest BCUT2D eigenvalue weighted by Gasteiger charge is 2.15. The Balaban J connectivity index is 1.84. The third-order valence-electron chi connectivity index (χ3n) is 3.72. The number of benzene rings is 1. The first kappa shape index (κ1) is 13.9. The van der Waals surface area contributed by atoms with Gasteiger partial charge in [0.1, 0.15) is 5.75 Å². The van der Waals surface area contributed by atoms with Crippen molar-refractivity contribution in [3.63, 3.8) is 0 Å². The van der Waals surface area contributed by atoms with Crippen LogP contribution in [0.1, 0.15) is 37.7 Å². The molecule has 0 spiro atoms. The first-order valence-corrected chi connectivity index (χ1v) is 7.20. The Kier molecular flexibility index (Phi) is 5.25. The van der Waals surface area contributed by atoms with Crippen LogP contribution in [0.2, 0.25) is 0 Å². The minimum atomic E-state index is 0.296. The van der Waals surface area contributed by atoms with Crippen molar-refractivity contribution in [1.82, 2.24) is 4.90 Å². The second-order valence-corrected chi connectivity index (χ2v) is 5.15. The summed E-state index contributed by atoms with van der Waals surface area (Å²) in [5, 5.41) is 0. The number of likely N-dealkylation sites (tertiary alicyclic amines) is 1. The van der Waals surface area contributed by atoms with Crippen LogP contribution in [0.5, 0.6) is 5.75 Å². The van der Waals surface area contributed by atoms with Crippen LogP contribution in [-0.4, -0.2) is 31.0 Å². The van der Waals surface area contributed by atoms with E-state index in [9.17, 15) is 4.79 Å². The molecule has 1 aromatic rings. The van der Waals surface area contributed by atoms with Crippen LogP contribution >= 0.6 is 0 Å². The van der Waals surface area contributed by atoms with E-state index in [1.54, 1.807) is 7.11 Å². The van der Waals surface area contributed by atoms with Gasteiger partial charge in [-0.15, -0.1) is 0 Å². The normalized spacial score (nSPS) is 15.9. The van der Waals surface area contributed by atoms with Gasteiger partial charge in [-0.1, -0.05) is 25.0 Å². The average Bonchev–Trinajstić information content (AvgIpc) is 2.74. The highest BCUT2D eigenvalue weighted by Crippen LogP contribution is 2.15. The van der Waals surface area contributed by atoms with E-state index >= 15 is 0 Å². The molecular formula is C16H23NO2. The highest BCUT2D eigenvalue weighted by molar-refractivity contribution is 5.76. The summed E-state index contributed by atoms with van der Waals surface area (Å²) in [5.74, 6) is 1.16. The van der Waals surface area contributed by atoms with Gasteiger partial charge in [-0.3, -0.25) is 4.79 Å². The molecule has 19 heavy (non-hydrogen) atoms. The number of nitrogens with zero attached hydrogens (tertiary/aromatic N) is 1. The van der Waals surface area contributed by atoms with Gasteiger partial charge >= 0.3 is 0 Å². The molecule has 0 atom stereocenters. The van der Waals surface area contributed by atoms with Gasteiger partial charge in [0.25, 0.3) is 0 Å². The molecular weight excluding hydrogens is 238 g/mol. The second-order valence-electron chi connectivity index (χ2n) is 5.15. The molecule has 0 N–H and O–H groups in total. The smallest absolute Gasteiger partial charge is 0.222 e. The fourth-order valence-corrected chi connectivity index (χ4v) is 2.56. The number of hydrogen-bond donors (Lipinski definition) is 0. The average molecular weight is 261 g/mol. The summed E-state index contributed by atoms with van der Waals surface area (Å²) in [6, 6.07) is 7.97. The lowest BCUT2D eigenvalue weighted by molar-refractivity contribution is -0.131. The van der Waals surface area contributed by atoms with E-state index in [4.69, 9.17) is 4.74 Å². The zero-order valence-electron chi connectivity index (χ0n) is 11.7. The second kappa shape index (κ2) is 7.17. The largest absolute Gasteiger partial charge is 0.497 e. The fraction of sp³-hybridized carbons (Fsp3) is 0.562. The molecule has 104 valence electrons. The molecule has 0 unspecified atom stereocenters. The predicted octanol–water partition coefficient (Wildman–Crippen LogP) is 3.03. The van der Waals surface area contributed by atoms with Gasteiger partial charge in [-0.25, -0.2) is 0 Å².